The van der Waals surface area contributed by atoms with E-state index in [9.17, 15) is 14.7 Å². The molecule has 1 aliphatic rings. The van der Waals surface area contributed by atoms with Gasteiger partial charge in [0.15, 0.2) is 11.5 Å². The zero-order valence-electron chi connectivity index (χ0n) is 14.8. The Kier molecular flexibility index (Phi) is 5.64. The molecule has 2 heterocycles. The average molecular weight is 439 g/mol. The minimum absolute atomic E-state index is 0.0255. The number of aryl methyl sites for hydroxylation is 1. The third kappa shape index (κ3) is 4.94. The number of halogens is 1. The average Bonchev–Trinajstić information content (AvgIpc) is 3.20. The predicted octanol–water partition coefficient (Wildman–Crippen LogP) is 3.47. The van der Waals surface area contributed by atoms with E-state index in [4.69, 9.17) is 14.0 Å². The summed E-state index contributed by atoms with van der Waals surface area (Å²) in [6.45, 7) is 4.23. The molecule has 0 saturated carbocycles. The number of aromatic nitrogens is 1. The van der Waals surface area contributed by atoms with Crippen molar-refractivity contribution in [3.05, 3.63) is 45.8 Å². The molecule has 1 aliphatic heterocycles. The normalized spacial score (nSPS) is 18.4. The fourth-order valence-corrected chi connectivity index (χ4v) is 3.10. The molecular weight excluding hydrogens is 420 g/mol. The molecule has 3 rings (SSSR count). The van der Waals surface area contributed by atoms with Crippen LogP contribution in [0.1, 0.15) is 46.9 Å². The van der Waals surface area contributed by atoms with Gasteiger partial charge in [0.05, 0.1) is 24.0 Å². The Labute approximate surface area is 163 Å². The lowest BCUT2D eigenvalue weighted by Crippen LogP contribution is -2.21. The number of anilines is 1. The van der Waals surface area contributed by atoms with Crippen molar-refractivity contribution in [3.63, 3.8) is 0 Å². The first kappa shape index (κ1) is 19.5. The molecule has 1 aromatic heterocycles. The molecule has 1 atom stereocenters. The summed E-state index contributed by atoms with van der Waals surface area (Å²) >= 11 is 3.21. The summed E-state index contributed by atoms with van der Waals surface area (Å²) in [4.78, 5) is 23.7. The number of aromatic carboxylic acids is 1. The van der Waals surface area contributed by atoms with Crippen molar-refractivity contribution in [3.8, 4) is 0 Å². The van der Waals surface area contributed by atoms with Crippen LogP contribution in [-0.4, -0.2) is 40.6 Å². The Hall–Kier alpha value is -2.23. The Balaban J connectivity index is 1.61. The molecule has 1 aromatic carbocycles. The molecule has 8 nitrogen and oxygen atoms in total. The van der Waals surface area contributed by atoms with Gasteiger partial charge >= 0.3 is 5.97 Å². The van der Waals surface area contributed by atoms with Gasteiger partial charge in [-0.2, -0.15) is 0 Å². The van der Waals surface area contributed by atoms with E-state index in [1.807, 2.05) is 13.8 Å². The number of benzene rings is 1. The molecule has 144 valence electrons. The number of carbonyl (C=O) groups is 2. The van der Waals surface area contributed by atoms with Crippen molar-refractivity contribution >= 4 is 33.5 Å². The molecule has 2 N–H and O–H groups in total. The van der Waals surface area contributed by atoms with Gasteiger partial charge in [-0.05, 0) is 38.5 Å². The minimum atomic E-state index is -1.14. The van der Waals surface area contributed by atoms with Crippen molar-refractivity contribution in [1.82, 2.24) is 5.16 Å². The Bertz CT molecular complexity index is 863. The number of nitrogens with zero attached hydrogens (tertiary/aromatic N) is 1. The van der Waals surface area contributed by atoms with E-state index in [1.54, 1.807) is 6.07 Å². The molecule has 0 spiro atoms. The van der Waals surface area contributed by atoms with Crippen LogP contribution in [0.5, 0.6) is 0 Å². The van der Waals surface area contributed by atoms with Crippen LogP contribution in [0, 0.1) is 0 Å². The first-order valence-electron chi connectivity index (χ1n) is 8.35. The first-order valence-corrected chi connectivity index (χ1v) is 9.14. The Morgan fingerprint density at radius 1 is 1.37 bits per heavy atom. The molecule has 27 heavy (non-hydrogen) atoms. The van der Waals surface area contributed by atoms with Crippen LogP contribution in [0.3, 0.4) is 0 Å². The van der Waals surface area contributed by atoms with Gasteiger partial charge in [0.25, 0.3) is 5.91 Å². The van der Waals surface area contributed by atoms with Crippen LogP contribution < -0.4 is 5.32 Å². The number of nitrogens with one attached hydrogen (secondary N) is 1. The maximum Gasteiger partial charge on any atom is 0.337 e. The van der Waals surface area contributed by atoms with Crippen LogP contribution in [0.4, 0.5) is 5.69 Å². The summed E-state index contributed by atoms with van der Waals surface area (Å²) < 4.78 is 17.0. The summed E-state index contributed by atoms with van der Waals surface area (Å²) in [5.74, 6) is -1.72. The second-order valence-electron chi connectivity index (χ2n) is 6.62. The number of ether oxygens (including phenoxy) is 2. The quantitative estimate of drug-likeness (QED) is 0.709. The summed E-state index contributed by atoms with van der Waals surface area (Å²) in [6, 6.07) is 6.10. The number of carbonyl (C=O) groups excluding carboxylic acids is 1. The molecule has 0 radical (unpaired) electrons. The topological polar surface area (TPSA) is 111 Å². The van der Waals surface area contributed by atoms with Crippen LogP contribution in [0.15, 0.2) is 33.3 Å². The Morgan fingerprint density at radius 3 is 2.81 bits per heavy atom. The zero-order chi connectivity index (χ0) is 19.6. The first-order chi connectivity index (χ1) is 12.7. The van der Waals surface area contributed by atoms with Crippen LogP contribution in [-0.2, 0) is 15.9 Å². The van der Waals surface area contributed by atoms with E-state index < -0.39 is 17.7 Å². The van der Waals surface area contributed by atoms with Gasteiger partial charge in [-0.3, -0.25) is 4.79 Å². The predicted molar refractivity (Wildman–Crippen MR) is 98.8 cm³/mol. The second kappa shape index (κ2) is 7.79. The van der Waals surface area contributed by atoms with Crippen LogP contribution >= 0.6 is 15.9 Å². The van der Waals surface area contributed by atoms with Crippen molar-refractivity contribution in [1.29, 1.82) is 0 Å². The smallest absolute Gasteiger partial charge is 0.337 e. The monoisotopic (exact) mass is 438 g/mol. The summed E-state index contributed by atoms with van der Waals surface area (Å²) in [7, 11) is 0. The van der Waals surface area contributed by atoms with Gasteiger partial charge in [0.1, 0.15) is 5.76 Å². The van der Waals surface area contributed by atoms with Crippen molar-refractivity contribution in [2.24, 2.45) is 0 Å². The number of rotatable bonds is 6. The number of hydrogen-bond donors (Lipinski definition) is 2. The fourth-order valence-electron chi connectivity index (χ4n) is 2.74. The van der Waals surface area contributed by atoms with Gasteiger partial charge in [-0.25, -0.2) is 4.79 Å². The largest absolute Gasteiger partial charge is 0.478 e. The lowest BCUT2D eigenvalue weighted by atomic mass is 10.1. The molecule has 1 amide bonds. The highest BCUT2D eigenvalue weighted by atomic mass is 79.9. The van der Waals surface area contributed by atoms with Gasteiger partial charge < -0.3 is 24.4 Å². The zero-order valence-corrected chi connectivity index (χ0v) is 16.4. The SMILES string of the molecule is CC1(C)OCC(CCc2cc(C(=O)Nc3ccc(Br)cc3C(=O)O)no2)O1. The van der Waals surface area contributed by atoms with Crippen molar-refractivity contribution in [2.45, 2.75) is 38.6 Å². The fraction of sp³-hybridized carbons (Fsp3) is 0.389. The van der Waals surface area contributed by atoms with E-state index in [-0.39, 0.29) is 23.0 Å². The van der Waals surface area contributed by atoms with E-state index >= 15 is 0 Å². The molecule has 0 aliphatic carbocycles. The minimum Gasteiger partial charge on any atom is -0.478 e. The van der Waals surface area contributed by atoms with E-state index in [2.05, 4.69) is 26.4 Å². The summed E-state index contributed by atoms with van der Waals surface area (Å²) in [6.07, 6.45) is 1.18. The van der Waals surface area contributed by atoms with Crippen molar-refractivity contribution in [2.75, 3.05) is 11.9 Å². The summed E-state index contributed by atoms with van der Waals surface area (Å²) in [5, 5.41) is 15.6. The molecule has 1 fully saturated rings. The maximum atomic E-state index is 12.3. The van der Waals surface area contributed by atoms with Crippen LogP contribution in [0.25, 0.3) is 0 Å². The number of carboxylic acids is 1. The Morgan fingerprint density at radius 2 is 2.15 bits per heavy atom. The van der Waals surface area contributed by atoms with E-state index in [0.29, 0.717) is 29.7 Å². The third-order valence-electron chi connectivity index (χ3n) is 4.03. The van der Waals surface area contributed by atoms with E-state index in [1.165, 1.54) is 18.2 Å². The van der Waals surface area contributed by atoms with E-state index in [0.717, 1.165) is 0 Å². The lowest BCUT2D eigenvalue weighted by Gasteiger charge is -2.16. The molecule has 0 bridgehead atoms. The van der Waals surface area contributed by atoms with Crippen LogP contribution in [0.2, 0.25) is 0 Å². The summed E-state index contributed by atoms with van der Waals surface area (Å²) in [5.41, 5.74) is 0.231. The highest BCUT2D eigenvalue weighted by Gasteiger charge is 2.32. The van der Waals surface area contributed by atoms with Gasteiger partial charge in [-0.15, -0.1) is 0 Å². The molecular formula is C18H19BrN2O6. The molecule has 1 saturated heterocycles. The maximum absolute atomic E-state index is 12.3. The number of hydrogen-bond acceptors (Lipinski definition) is 6. The third-order valence-corrected chi connectivity index (χ3v) is 4.53. The number of carboxylic acid groups (broad SMARTS) is 1. The molecule has 9 heteroatoms. The van der Waals surface area contributed by atoms with Gasteiger partial charge in [-0.1, -0.05) is 21.1 Å². The number of amides is 1. The highest BCUT2D eigenvalue weighted by Crippen LogP contribution is 2.25. The van der Waals surface area contributed by atoms with Crippen molar-refractivity contribution < 1.29 is 28.7 Å². The lowest BCUT2D eigenvalue weighted by molar-refractivity contribution is -0.138. The molecule has 1 unspecified atom stereocenters. The standard InChI is InChI=1S/C18H19BrN2O6/c1-18(2)25-9-12(26-18)5-4-11-8-15(21-27-11)16(22)20-14-6-3-10(19)7-13(14)17(23)24/h3,6-8,12H,4-5,9H2,1-2H3,(H,20,22)(H,23,24). The second-order valence-corrected chi connectivity index (χ2v) is 7.53. The highest BCUT2D eigenvalue weighted by molar-refractivity contribution is 9.10. The molecule has 2 aromatic rings. The van der Waals surface area contributed by atoms with Gasteiger partial charge in [0.2, 0.25) is 0 Å². The van der Waals surface area contributed by atoms with Gasteiger partial charge in [0, 0.05) is 17.0 Å².